The van der Waals surface area contributed by atoms with Crippen molar-refractivity contribution in [1.82, 2.24) is 9.78 Å². The monoisotopic (exact) mass is 297 g/mol. The summed E-state index contributed by atoms with van der Waals surface area (Å²) < 4.78 is 14.1. The average Bonchev–Trinajstić information content (AvgIpc) is 2.59. The normalized spacial score (nSPS) is 12.6. The molecule has 0 fully saturated rings. The molecule has 4 nitrogen and oxygen atoms in total. The second-order valence-electron chi connectivity index (χ2n) is 4.44. The molecule has 2 rings (SSSR count). The van der Waals surface area contributed by atoms with E-state index >= 15 is 0 Å². The van der Waals surface area contributed by atoms with Crippen molar-refractivity contribution in [2.75, 3.05) is 5.73 Å². The van der Waals surface area contributed by atoms with Crippen molar-refractivity contribution in [3.05, 3.63) is 40.2 Å². The van der Waals surface area contributed by atoms with Crippen LogP contribution in [-0.2, 0) is 23.6 Å². The number of anilines is 1. The summed E-state index contributed by atoms with van der Waals surface area (Å²) in [7, 11) is 0.590. The summed E-state index contributed by atoms with van der Waals surface area (Å²) in [6.07, 6.45) is 0. The van der Waals surface area contributed by atoms with Gasteiger partial charge in [0.15, 0.2) is 0 Å². The van der Waals surface area contributed by atoms with Crippen LogP contribution in [0.15, 0.2) is 23.1 Å². The summed E-state index contributed by atoms with van der Waals surface area (Å²) >= 11 is 6.16. The molecule has 1 aromatic carbocycles. The van der Waals surface area contributed by atoms with E-state index in [4.69, 9.17) is 17.3 Å². The van der Waals surface area contributed by atoms with E-state index in [1.54, 1.807) is 17.8 Å². The molecule has 6 heteroatoms. The maximum Gasteiger partial charge on any atom is 0.131 e. The number of nitrogens with two attached hydrogens (primary N) is 1. The quantitative estimate of drug-likeness (QED) is 0.886. The third-order valence-corrected chi connectivity index (χ3v) is 5.07. The number of aryl methyl sites for hydroxylation is 2. The largest absolute Gasteiger partial charge is 0.398 e. The summed E-state index contributed by atoms with van der Waals surface area (Å²) in [6.45, 7) is 3.74. The van der Waals surface area contributed by atoms with Crippen LogP contribution >= 0.6 is 11.6 Å². The Kier molecular flexibility index (Phi) is 3.96. The molecule has 1 unspecified atom stereocenters. The zero-order chi connectivity index (χ0) is 14.2. The molecule has 0 saturated carbocycles. The van der Waals surface area contributed by atoms with E-state index in [2.05, 4.69) is 5.10 Å². The second kappa shape index (κ2) is 5.35. The van der Waals surface area contributed by atoms with Crippen LogP contribution < -0.4 is 5.73 Å². The molecule has 1 atom stereocenters. The highest BCUT2D eigenvalue weighted by Crippen LogP contribution is 2.25. The molecule has 0 aliphatic heterocycles. The molecule has 2 aromatic rings. The van der Waals surface area contributed by atoms with E-state index < -0.39 is 10.8 Å². The predicted octanol–water partition coefficient (Wildman–Crippen LogP) is 2.58. The number of aromatic nitrogens is 2. The van der Waals surface area contributed by atoms with E-state index in [1.807, 2.05) is 26.0 Å². The number of hydrogen-bond acceptors (Lipinski definition) is 3. The molecule has 2 N–H and O–H groups in total. The van der Waals surface area contributed by atoms with Crippen molar-refractivity contribution in [2.24, 2.45) is 7.05 Å². The van der Waals surface area contributed by atoms with Crippen molar-refractivity contribution in [3.63, 3.8) is 0 Å². The van der Waals surface area contributed by atoms with Gasteiger partial charge in [0.05, 0.1) is 22.2 Å². The first-order valence-corrected chi connectivity index (χ1v) is 7.53. The lowest BCUT2D eigenvalue weighted by molar-refractivity contribution is 0.682. The van der Waals surface area contributed by atoms with Crippen LogP contribution in [0.2, 0.25) is 5.15 Å². The highest BCUT2D eigenvalue weighted by atomic mass is 35.5. The molecule has 1 heterocycles. The lowest BCUT2D eigenvalue weighted by atomic mass is 10.2. The van der Waals surface area contributed by atoms with Crippen molar-refractivity contribution in [3.8, 4) is 0 Å². The fraction of sp³-hybridized carbons (Fsp3) is 0.308. The molecule has 0 amide bonds. The molecule has 0 aliphatic carbocycles. The Morgan fingerprint density at radius 3 is 2.68 bits per heavy atom. The lowest BCUT2D eigenvalue weighted by Gasteiger charge is -2.08. The zero-order valence-corrected chi connectivity index (χ0v) is 12.7. The van der Waals surface area contributed by atoms with Gasteiger partial charge in [-0.25, -0.2) is 0 Å². The van der Waals surface area contributed by atoms with Gasteiger partial charge in [-0.3, -0.25) is 8.89 Å². The molecule has 0 saturated heterocycles. The van der Waals surface area contributed by atoms with Crippen LogP contribution in [-0.4, -0.2) is 14.0 Å². The van der Waals surface area contributed by atoms with Crippen molar-refractivity contribution >= 4 is 28.1 Å². The van der Waals surface area contributed by atoms with E-state index in [1.165, 1.54) is 0 Å². The summed E-state index contributed by atoms with van der Waals surface area (Å²) in [6, 6.07) is 5.45. The van der Waals surface area contributed by atoms with Gasteiger partial charge in [0.2, 0.25) is 0 Å². The highest BCUT2D eigenvalue weighted by Gasteiger charge is 2.16. The molecular weight excluding hydrogens is 282 g/mol. The number of rotatable bonds is 3. The Hall–Kier alpha value is -1.33. The topological polar surface area (TPSA) is 60.9 Å². The van der Waals surface area contributed by atoms with Gasteiger partial charge in [-0.15, -0.1) is 0 Å². The van der Waals surface area contributed by atoms with Crippen molar-refractivity contribution in [1.29, 1.82) is 0 Å². The van der Waals surface area contributed by atoms with Crippen molar-refractivity contribution < 1.29 is 4.21 Å². The van der Waals surface area contributed by atoms with Crippen LogP contribution in [0, 0.1) is 13.8 Å². The smallest absolute Gasteiger partial charge is 0.131 e. The fourth-order valence-corrected chi connectivity index (χ4v) is 3.70. The van der Waals surface area contributed by atoms with Gasteiger partial charge >= 0.3 is 0 Å². The minimum Gasteiger partial charge on any atom is -0.398 e. The Morgan fingerprint density at radius 2 is 2.11 bits per heavy atom. The summed E-state index contributed by atoms with van der Waals surface area (Å²) in [5.41, 5.74) is 8.98. The highest BCUT2D eigenvalue weighted by molar-refractivity contribution is 7.84. The van der Waals surface area contributed by atoms with Crippen LogP contribution in [0.3, 0.4) is 0 Å². The predicted molar refractivity (Wildman–Crippen MR) is 78.7 cm³/mol. The molecule has 1 aromatic heterocycles. The minimum absolute atomic E-state index is 0.350. The fourth-order valence-electron chi connectivity index (χ4n) is 1.92. The van der Waals surface area contributed by atoms with Crippen LogP contribution in [0.5, 0.6) is 0 Å². The van der Waals surface area contributed by atoms with Gasteiger partial charge in [0, 0.05) is 23.2 Å². The molecule has 0 radical (unpaired) electrons. The first-order valence-electron chi connectivity index (χ1n) is 5.83. The standard InChI is InChI=1S/C13H16ClN3OS/c1-8-11(15)5-4-6-12(8)19(18)7-10-9(2)16-17(3)13(10)14/h4-6H,7,15H2,1-3H3. The van der Waals surface area contributed by atoms with Crippen LogP contribution in [0.4, 0.5) is 5.69 Å². The molecule has 102 valence electrons. The lowest BCUT2D eigenvalue weighted by Crippen LogP contribution is -2.02. The Balaban J connectivity index is 2.34. The second-order valence-corrected chi connectivity index (χ2v) is 6.22. The Labute approximate surface area is 120 Å². The van der Waals surface area contributed by atoms with Gasteiger partial charge in [0.1, 0.15) is 5.15 Å². The van der Waals surface area contributed by atoms with Crippen LogP contribution in [0.25, 0.3) is 0 Å². The third kappa shape index (κ3) is 2.67. The van der Waals surface area contributed by atoms with Crippen LogP contribution in [0.1, 0.15) is 16.8 Å². The number of nitrogens with zero attached hydrogens (tertiary/aromatic N) is 2. The van der Waals surface area contributed by atoms with Gasteiger partial charge in [-0.05, 0) is 31.5 Å². The summed E-state index contributed by atoms with van der Waals surface area (Å²) in [5.74, 6) is 0.350. The summed E-state index contributed by atoms with van der Waals surface area (Å²) in [4.78, 5) is 0.749. The van der Waals surface area contributed by atoms with E-state index in [0.29, 0.717) is 16.6 Å². The van der Waals surface area contributed by atoms with E-state index in [9.17, 15) is 4.21 Å². The maximum atomic E-state index is 12.5. The molecule has 0 aliphatic rings. The van der Waals surface area contributed by atoms with E-state index in [0.717, 1.165) is 21.7 Å². The minimum atomic E-state index is -1.18. The van der Waals surface area contributed by atoms with E-state index in [-0.39, 0.29) is 0 Å². The number of halogens is 1. The van der Waals surface area contributed by atoms with Gasteiger partial charge in [-0.2, -0.15) is 5.10 Å². The zero-order valence-electron chi connectivity index (χ0n) is 11.1. The number of benzene rings is 1. The molecular formula is C13H16ClN3OS. The SMILES string of the molecule is Cc1nn(C)c(Cl)c1CS(=O)c1cccc(N)c1C. The first-order chi connectivity index (χ1) is 8.91. The average molecular weight is 298 g/mol. The molecule has 0 bridgehead atoms. The first kappa shape index (κ1) is 14.1. The summed E-state index contributed by atoms with van der Waals surface area (Å²) in [5, 5.41) is 4.76. The Morgan fingerprint density at radius 1 is 1.42 bits per heavy atom. The van der Waals surface area contributed by atoms with Gasteiger partial charge < -0.3 is 5.73 Å². The Bertz CT molecular complexity index is 652. The molecule has 0 spiro atoms. The number of nitrogen functional groups attached to an aromatic ring is 1. The maximum absolute atomic E-state index is 12.5. The number of hydrogen-bond donors (Lipinski definition) is 1. The third-order valence-electron chi connectivity index (χ3n) is 3.12. The molecule has 19 heavy (non-hydrogen) atoms. The van der Waals surface area contributed by atoms with Crippen molar-refractivity contribution in [2.45, 2.75) is 24.5 Å². The van der Waals surface area contributed by atoms with Gasteiger partial charge in [0.25, 0.3) is 0 Å². The van der Waals surface area contributed by atoms with Gasteiger partial charge in [-0.1, -0.05) is 17.7 Å².